The van der Waals surface area contributed by atoms with E-state index in [1.54, 1.807) is 0 Å². The number of aromatic amines is 1. The van der Waals surface area contributed by atoms with Crippen molar-refractivity contribution in [3.63, 3.8) is 0 Å². The smallest absolute Gasteiger partial charge is 0.253 e. The van der Waals surface area contributed by atoms with Gasteiger partial charge in [-0.25, -0.2) is 0 Å². The van der Waals surface area contributed by atoms with Crippen LogP contribution < -0.4 is 5.32 Å². The zero-order chi connectivity index (χ0) is 18.4. The average Bonchev–Trinajstić information content (AvgIpc) is 3.48. The summed E-state index contributed by atoms with van der Waals surface area (Å²) in [5, 5.41) is 4.43. The second-order valence-corrected chi connectivity index (χ2v) is 8.36. The van der Waals surface area contributed by atoms with Crippen LogP contribution >= 0.6 is 0 Å². The van der Waals surface area contributed by atoms with Crippen LogP contribution in [0.5, 0.6) is 0 Å². The summed E-state index contributed by atoms with van der Waals surface area (Å²) in [6.07, 6.45) is 8.45. The second kappa shape index (κ2) is 6.70. The minimum absolute atomic E-state index is 0.00571. The van der Waals surface area contributed by atoms with Gasteiger partial charge in [0.2, 0.25) is 5.91 Å². The highest BCUT2D eigenvalue weighted by molar-refractivity contribution is 6.07. The lowest BCUT2D eigenvalue weighted by molar-refractivity contribution is -0.133. The highest BCUT2D eigenvalue weighted by Crippen LogP contribution is 2.32. The van der Waals surface area contributed by atoms with Gasteiger partial charge in [-0.1, -0.05) is 12.1 Å². The highest BCUT2D eigenvalue weighted by atomic mass is 16.2. The normalized spacial score (nSPS) is 20.5. The SMILES string of the molecule is O=C(NC1CCN(C(=O)C2CC2)CC1)c1cccc2c3c([nH]c12)CCCC3. The van der Waals surface area contributed by atoms with E-state index < -0.39 is 0 Å². The predicted molar refractivity (Wildman–Crippen MR) is 105 cm³/mol. The molecule has 2 aromatic rings. The van der Waals surface area contributed by atoms with Crippen LogP contribution in [0.3, 0.4) is 0 Å². The van der Waals surface area contributed by atoms with Gasteiger partial charge >= 0.3 is 0 Å². The number of piperidine rings is 1. The minimum Gasteiger partial charge on any atom is -0.358 e. The quantitative estimate of drug-likeness (QED) is 0.877. The Hall–Kier alpha value is -2.30. The number of carbonyl (C=O) groups is 2. The molecular weight excluding hydrogens is 338 g/mol. The molecular formula is C22H27N3O2. The summed E-state index contributed by atoms with van der Waals surface area (Å²) in [5.74, 6) is 0.611. The van der Waals surface area contributed by atoms with E-state index >= 15 is 0 Å². The molecule has 27 heavy (non-hydrogen) atoms. The Labute approximate surface area is 159 Å². The molecule has 1 saturated heterocycles. The number of rotatable bonds is 3. The van der Waals surface area contributed by atoms with Crippen LogP contribution in [0.1, 0.15) is 60.1 Å². The Balaban J connectivity index is 1.29. The summed E-state index contributed by atoms with van der Waals surface area (Å²) >= 11 is 0. The third-order valence-corrected chi connectivity index (χ3v) is 6.45. The van der Waals surface area contributed by atoms with Gasteiger partial charge in [-0.2, -0.15) is 0 Å². The molecule has 1 aromatic carbocycles. The molecule has 0 bridgehead atoms. The van der Waals surface area contributed by atoms with Gasteiger partial charge in [0.15, 0.2) is 0 Å². The zero-order valence-corrected chi connectivity index (χ0v) is 15.7. The Morgan fingerprint density at radius 3 is 2.59 bits per heavy atom. The number of H-pyrrole nitrogens is 1. The van der Waals surface area contributed by atoms with Crippen molar-refractivity contribution in [2.75, 3.05) is 13.1 Å². The number of hydrogen-bond donors (Lipinski definition) is 2. The number of fused-ring (bicyclic) bond motifs is 3. The molecule has 142 valence electrons. The summed E-state index contributed by atoms with van der Waals surface area (Å²) in [6, 6.07) is 6.21. The summed E-state index contributed by atoms with van der Waals surface area (Å²) in [6.45, 7) is 1.53. The van der Waals surface area contributed by atoms with E-state index in [1.165, 1.54) is 29.5 Å². The van der Waals surface area contributed by atoms with E-state index in [9.17, 15) is 9.59 Å². The number of hydrogen-bond acceptors (Lipinski definition) is 2. The van der Waals surface area contributed by atoms with E-state index in [-0.39, 0.29) is 17.9 Å². The summed E-state index contributed by atoms with van der Waals surface area (Å²) in [5.41, 5.74) is 4.45. The summed E-state index contributed by atoms with van der Waals surface area (Å²) in [7, 11) is 0. The van der Waals surface area contributed by atoms with Crippen LogP contribution in [0, 0.1) is 5.92 Å². The van der Waals surface area contributed by atoms with Gasteiger partial charge in [0, 0.05) is 36.1 Å². The number of nitrogens with zero attached hydrogens (tertiary/aromatic N) is 1. The minimum atomic E-state index is 0.00571. The third kappa shape index (κ3) is 3.13. The Morgan fingerprint density at radius 2 is 1.81 bits per heavy atom. The molecule has 1 saturated carbocycles. The zero-order valence-electron chi connectivity index (χ0n) is 15.7. The molecule has 2 N–H and O–H groups in total. The number of likely N-dealkylation sites (tertiary alicyclic amines) is 1. The Bertz CT molecular complexity index is 888. The standard InChI is InChI=1S/C22H27N3O2/c26-21(23-15-10-12-25(13-11-15)22(27)14-8-9-14)18-6-3-5-17-16-4-1-2-7-19(16)24-20(17)18/h3,5-6,14-15,24H,1-2,4,7-13H2,(H,23,26). The fraction of sp³-hybridized carbons (Fsp3) is 0.545. The number of para-hydroxylation sites is 1. The summed E-state index contributed by atoms with van der Waals surface area (Å²) in [4.78, 5) is 30.7. The molecule has 1 aliphatic heterocycles. The number of benzene rings is 1. The van der Waals surface area contributed by atoms with Crippen molar-refractivity contribution in [3.8, 4) is 0 Å². The van der Waals surface area contributed by atoms with Crippen LogP contribution in [-0.4, -0.2) is 40.8 Å². The molecule has 2 amide bonds. The van der Waals surface area contributed by atoms with Crippen LogP contribution in [0.25, 0.3) is 10.9 Å². The van der Waals surface area contributed by atoms with Crippen LogP contribution in [0.15, 0.2) is 18.2 Å². The first-order valence-corrected chi connectivity index (χ1v) is 10.4. The molecule has 1 aromatic heterocycles. The van der Waals surface area contributed by atoms with Gasteiger partial charge < -0.3 is 15.2 Å². The van der Waals surface area contributed by atoms with Crippen molar-refractivity contribution in [2.24, 2.45) is 5.92 Å². The van der Waals surface area contributed by atoms with Crippen molar-refractivity contribution in [2.45, 2.75) is 57.4 Å². The number of nitrogens with one attached hydrogen (secondary N) is 2. The fourth-order valence-corrected chi connectivity index (χ4v) is 4.71. The predicted octanol–water partition coefficient (Wildman–Crippen LogP) is 3.18. The number of amides is 2. The van der Waals surface area contributed by atoms with Crippen molar-refractivity contribution in [1.82, 2.24) is 15.2 Å². The van der Waals surface area contributed by atoms with Gasteiger partial charge in [-0.15, -0.1) is 0 Å². The summed E-state index contributed by atoms with van der Waals surface area (Å²) < 4.78 is 0. The first-order valence-electron chi connectivity index (χ1n) is 10.4. The molecule has 2 aliphatic carbocycles. The van der Waals surface area contributed by atoms with Crippen molar-refractivity contribution in [3.05, 3.63) is 35.0 Å². The molecule has 0 unspecified atom stereocenters. The first kappa shape index (κ1) is 16.8. The molecule has 0 spiro atoms. The number of aryl methyl sites for hydroxylation is 2. The Kier molecular flexibility index (Phi) is 4.18. The van der Waals surface area contributed by atoms with Crippen molar-refractivity contribution in [1.29, 1.82) is 0 Å². The van der Waals surface area contributed by atoms with Gasteiger partial charge in [-0.3, -0.25) is 9.59 Å². The maximum atomic E-state index is 13.0. The molecule has 5 heteroatoms. The van der Waals surface area contributed by atoms with E-state index in [0.717, 1.165) is 62.7 Å². The van der Waals surface area contributed by atoms with Crippen molar-refractivity contribution >= 4 is 22.7 Å². The number of aromatic nitrogens is 1. The molecule has 2 fully saturated rings. The number of carbonyl (C=O) groups excluding carboxylic acids is 2. The van der Waals surface area contributed by atoms with E-state index in [4.69, 9.17) is 0 Å². The fourth-order valence-electron chi connectivity index (χ4n) is 4.71. The van der Waals surface area contributed by atoms with E-state index in [0.29, 0.717) is 5.91 Å². The van der Waals surface area contributed by atoms with Gasteiger partial charge in [0.05, 0.1) is 11.1 Å². The Morgan fingerprint density at radius 1 is 1.04 bits per heavy atom. The van der Waals surface area contributed by atoms with Crippen LogP contribution in [0.2, 0.25) is 0 Å². The van der Waals surface area contributed by atoms with E-state index in [1.807, 2.05) is 17.0 Å². The van der Waals surface area contributed by atoms with Gasteiger partial charge in [0.1, 0.15) is 0 Å². The molecule has 0 radical (unpaired) electrons. The first-order chi connectivity index (χ1) is 13.2. The van der Waals surface area contributed by atoms with Gasteiger partial charge in [-0.05, 0) is 63.0 Å². The topological polar surface area (TPSA) is 65.2 Å². The molecule has 5 nitrogen and oxygen atoms in total. The third-order valence-electron chi connectivity index (χ3n) is 6.45. The van der Waals surface area contributed by atoms with Crippen molar-refractivity contribution < 1.29 is 9.59 Å². The molecule has 5 rings (SSSR count). The van der Waals surface area contributed by atoms with Crippen LogP contribution in [0.4, 0.5) is 0 Å². The maximum absolute atomic E-state index is 13.0. The average molecular weight is 365 g/mol. The second-order valence-electron chi connectivity index (χ2n) is 8.36. The van der Waals surface area contributed by atoms with E-state index in [2.05, 4.69) is 16.4 Å². The largest absolute Gasteiger partial charge is 0.358 e. The lowest BCUT2D eigenvalue weighted by atomic mass is 9.95. The highest BCUT2D eigenvalue weighted by Gasteiger charge is 2.35. The molecule has 3 aliphatic rings. The lowest BCUT2D eigenvalue weighted by Crippen LogP contribution is -2.47. The maximum Gasteiger partial charge on any atom is 0.253 e. The van der Waals surface area contributed by atoms with Crippen LogP contribution in [-0.2, 0) is 17.6 Å². The van der Waals surface area contributed by atoms with Gasteiger partial charge in [0.25, 0.3) is 5.91 Å². The molecule has 2 heterocycles. The molecule has 0 atom stereocenters. The monoisotopic (exact) mass is 365 g/mol. The lowest BCUT2D eigenvalue weighted by Gasteiger charge is -2.32.